The maximum Gasteiger partial charge on any atom is 0.573 e. The molecule has 4 N–H and O–H groups in total. The van der Waals surface area contributed by atoms with Crippen LogP contribution < -0.4 is 16.2 Å². The Morgan fingerprint density at radius 3 is 2.06 bits per heavy atom. The van der Waals surface area contributed by atoms with Gasteiger partial charge in [-0.3, -0.25) is 0 Å². The van der Waals surface area contributed by atoms with Crippen LogP contribution in [0.5, 0.6) is 5.75 Å². The van der Waals surface area contributed by atoms with Crippen LogP contribution in [-0.4, -0.2) is 12.5 Å². The summed E-state index contributed by atoms with van der Waals surface area (Å²) in [6, 6.07) is -0.255. The lowest BCUT2D eigenvalue weighted by molar-refractivity contribution is -0.275. The summed E-state index contributed by atoms with van der Waals surface area (Å²) < 4.78 is 76.6. The summed E-state index contributed by atoms with van der Waals surface area (Å²) in [5.41, 5.74) is 9.02. The lowest BCUT2D eigenvalue weighted by Crippen LogP contribution is -2.30. The van der Waals surface area contributed by atoms with Crippen molar-refractivity contribution >= 4 is 5.69 Å². The van der Waals surface area contributed by atoms with Gasteiger partial charge in [-0.05, 0) is 18.2 Å². The fourth-order valence-electron chi connectivity index (χ4n) is 1.20. The van der Waals surface area contributed by atoms with Crippen molar-refractivity contribution < 1.29 is 31.1 Å². The second-order valence-corrected chi connectivity index (χ2v) is 3.36. The van der Waals surface area contributed by atoms with Gasteiger partial charge < -0.3 is 16.2 Å². The molecule has 1 aromatic rings. The first kappa shape index (κ1) is 14.4. The number of nitrogen functional groups attached to an aromatic ring is 1. The Morgan fingerprint density at radius 1 is 1.06 bits per heavy atom. The highest BCUT2D eigenvalue weighted by atomic mass is 19.4. The lowest BCUT2D eigenvalue weighted by Gasteiger charge is -2.20. The van der Waals surface area contributed by atoms with Gasteiger partial charge in [0.1, 0.15) is 11.8 Å². The van der Waals surface area contributed by atoms with Crippen molar-refractivity contribution in [2.75, 3.05) is 5.73 Å². The molecule has 0 unspecified atom stereocenters. The average molecular weight is 274 g/mol. The first-order valence-electron chi connectivity index (χ1n) is 4.48. The van der Waals surface area contributed by atoms with Gasteiger partial charge in [0.15, 0.2) is 0 Å². The monoisotopic (exact) mass is 274 g/mol. The third kappa shape index (κ3) is 3.69. The van der Waals surface area contributed by atoms with Gasteiger partial charge >= 0.3 is 12.5 Å². The summed E-state index contributed by atoms with van der Waals surface area (Å²) in [6.45, 7) is 0. The smallest absolute Gasteiger partial charge is 0.405 e. The van der Waals surface area contributed by atoms with Crippen LogP contribution in [0.1, 0.15) is 11.6 Å². The van der Waals surface area contributed by atoms with Gasteiger partial charge in [0, 0.05) is 11.3 Å². The number of ether oxygens (including phenoxy) is 1. The number of benzene rings is 1. The van der Waals surface area contributed by atoms with E-state index >= 15 is 0 Å². The molecule has 0 aliphatic rings. The van der Waals surface area contributed by atoms with Crippen LogP contribution in [0.3, 0.4) is 0 Å². The van der Waals surface area contributed by atoms with Crippen LogP contribution in [0.25, 0.3) is 0 Å². The highest BCUT2D eigenvalue weighted by Crippen LogP contribution is 2.38. The molecule has 18 heavy (non-hydrogen) atoms. The zero-order chi connectivity index (χ0) is 14.1. The van der Waals surface area contributed by atoms with Gasteiger partial charge in [0.25, 0.3) is 0 Å². The molecule has 0 radical (unpaired) electrons. The maximum absolute atomic E-state index is 12.4. The van der Waals surface area contributed by atoms with E-state index in [9.17, 15) is 26.3 Å². The first-order valence-corrected chi connectivity index (χ1v) is 4.48. The van der Waals surface area contributed by atoms with Crippen LogP contribution in [-0.2, 0) is 0 Å². The summed E-state index contributed by atoms with van der Waals surface area (Å²) in [5, 5.41) is 0. The van der Waals surface area contributed by atoms with Crippen LogP contribution in [0.2, 0.25) is 0 Å². The molecule has 0 bridgehead atoms. The Morgan fingerprint density at radius 2 is 1.61 bits per heavy atom. The minimum Gasteiger partial charge on any atom is -0.405 e. The highest BCUT2D eigenvalue weighted by Gasteiger charge is 2.41. The standard InChI is InChI=1S/C9H8F6N2O/c10-8(11,12)7(17)5-3-4(16)1-2-6(5)18-9(13,14)15/h1-3,7H,16-17H2/t7-/m0/s1. The number of halogens is 6. The molecular weight excluding hydrogens is 266 g/mol. The van der Waals surface area contributed by atoms with Crippen LogP contribution in [0, 0.1) is 0 Å². The number of alkyl halides is 6. The van der Waals surface area contributed by atoms with E-state index in [4.69, 9.17) is 11.5 Å². The second-order valence-electron chi connectivity index (χ2n) is 3.36. The summed E-state index contributed by atoms with van der Waals surface area (Å²) in [7, 11) is 0. The zero-order valence-corrected chi connectivity index (χ0v) is 8.64. The van der Waals surface area contributed by atoms with Crippen molar-refractivity contribution in [3.05, 3.63) is 23.8 Å². The Balaban J connectivity index is 3.20. The lowest BCUT2D eigenvalue weighted by atomic mass is 10.1. The van der Waals surface area contributed by atoms with E-state index < -0.39 is 29.9 Å². The zero-order valence-electron chi connectivity index (χ0n) is 8.64. The molecule has 102 valence electrons. The van der Waals surface area contributed by atoms with E-state index in [1.165, 1.54) is 0 Å². The predicted octanol–water partition coefficient (Wildman–Crippen LogP) is 2.73. The number of hydrogen-bond donors (Lipinski definition) is 2. The SMILES string of the molecule is Nc1ccc(OC(F)(F)F)c([C@H](N)C(F)(F)F)c1. The maximum atomic E-state index is 12.4. The minimum absolute atomic E-state index is 0.153. The number of hydrogen-bond acceptors (Lipinski definition) is 3. The molecule has 0 heterocycles. The van der Waals surface area contributed by atoms with Gasteiger partial charge in [-0.25, -0.2) is 0 Å². The van der Waals surface area contributed by atoms with E-state index in [1.807, 2.05) is 0 Å². The van der Waals surface area contributed by atoms with Crippen molar-refractivity contribution in [1.82, 2.24) is 0 Å². The van der Waals surface area contributed by atoms with Gasteiger partial charge in [-0.15, -0.1) is 13.2 Å². The second kappa shape index (κ2) is 4.56. The van der Waals surface area contributed by atoms with E-state index in [-0.39, 0.29) is 5.69 Å². The van der Waals surface area contributed by atoms with Crippen molar-refractivity contribution in [2.45, 2.75) is 18.6 Å². The third-order valence-corrected chi connectivity index (χ3v) is 1.95. The van der Waals surface area contributed by atoms with Gasteiger partial charge in [-0.1, -0.05) is 0 Å². The molecule has 0 saturated heterocycles. The molecule has 0 amide bonds. The fraction of sp³-hybridized carbons (Fsp3) is 0.333. The summed E-state index contributed by atoms with van der Waals surface area (Å²) in [4.78, 5) is 0. The molecule has 1 aromatic carbocycles. The summed E-state index contributed by atoms with van der Waals surface area (Å²) in [5.74, 6) is -1.03. The number of rotatable bonds is 2. The Kier molecular flexibility index (Phi) is 3.65. The Bertz CT molecular complexity index is 428. The van der Waals surface area contributed by atoms with Crippen molar-refractivity contribution in [3.63, 3.8) is 0 Å². The molecule has 0 aliphatic carbocycles. The van der Waals surface area contributed by atoms with Crippen molar-refractivity contribution in [3.8, 4) is 5.75 Å². The van der Waals surface area contributed by atoms with Crippen LogP contribution in [0.4, 0.5) is 32.0 Å². The molecule has 3 nitrogen and oxygen atoms in total. The summed E-state index contributed by atoms with van der Waals surface area (Å²) in [6.07, 6.45) is -10.0. The molecule has 0 saturated carbocycles. The van der Waals surface area contributed by atoms with E-state index in [2.05, 4.69) is 4.74 Å². The van der Waals surface area contributed by atoms with Crippen molar-refractivity contribution in [1.29, 1.82) is 0 Å². The summed E-state index contributed by atoms with van der Waals surface area (Å²) >= 11 is 0. The predicted molar refractivity (Wildman–Crippen MR) is 50.5 cm³/mol. The average Bonchev–Trinajstić information content (AvgIpc) is 2.16. The normalized spacial score (nSPS) is 14.4. The van der Waals surface area contributed by atoms with E-state index in [0.29, 0.717) is 12.1 Å². The quantitative estimate of drug-likeness (QED) is 0.644. The molecule has 0 aromatic heterocycles. The Hall–Kier alpha value is -1.64. The number of anilines is 1. The van der Waals surface area contributed by atoms with E-state index in [1.54, 1.807) is 0 Å². The van der Waals surface area contributed by atoms with Crippen molar-refractivity contribution in [2.24, 2.45) is 5.73 Å². The highest BCUT2D eigenvalue weighted by molar-refractivity contribution is 5.49. The number of nitrogens with two attached hydrogens (primary N) is 2. The molecule has 1 rings (SSSR count). The molecule has 9 heteroatoms. The molecule has 0 fully saturated rings. The van der Waals surface area contributed by atoms with Crippen LogP contribution >= 0.6 is 0 Å². The Labute approximate surface area is 97.3 Å². The molecule has 0 spiro atoms. The van der Waals surface area contributed by atoms with E-state index in [0.717, 1.165) is 6.07 Å². The van der Waals surface area contributed by atoms with Gasteiger partial charge in [0.05, 0.1) is 0 Å². The van der Waals surface area contributed by atoms with Crippen LogP contribution in [0.15, 0.2) is 18.2 Å². The fourth-order valence-corrected chi connectivity index (χ4v) is 1.20. The largest absolute Gasteiger partial charge is 0.573 e. The topological polar surface area (TPSA) is 61.3 Å². The first-order chi connectivity index (χ1) is 8.00. The molecule has 0 aliphatic heterocycles. The van der Waals surface area contributed by atoms with Gasteiger partial charge in [0.2, 0.25) is 0 Å². The van der Waals surface area contributed by atoms with Gasteiger partial charge in [-0.2, -0.15) is 13.2 Å². The minimum atomic E-state index is -5.11. The third-order valence-electron chi connectivity index (χ3n) is 1.95. The molecular formula is C9H8F6N2O. The molecule has 1 atom stereocenters.